The summed E-state index contributed by atoms with van der Waals surface area (Å²) in [5.41, 5.74) is 1.64. The molecule has 13 heteroatoms. The summed E-state index contributed by atoms with van der Waals surface area (Å²) >= 11 is 0. The molecule has 6 rings (SSSR count). The Labute approximate surface area is 315 Å². The number of aromatic amines is 1. The lowest BCUT2D eigenvalue weighted by atomic mass is 9.86. The van der Waals surface area contributed by atoms with Crippen LogP contribution in [0.15, 0.2) is 126 Å². The second kappa shape index (κ2) is 17.0. The third-order valence-electron chi connectivity index (χ3n) is 9.08. The molecule has 0 aliphatic heterocycles. The van der Waals surface area contributed by atoms with Gasteiger partial charge in [0.15, 0.2) is 0 Å². The molecule has 0 bridgehead atoms. The number of carbonyl (C=O) groups is 2. The highest BCUT2D eigenvalue weighted by atomic mass is 16.5. The number of hydrogen-bond donors (Lipinski definition) is 8. The summed E-state index contributed by atoms with van der Waals surface area (Å²) in [4.78, 5) is 39.2. The van der Waals surface area contributed by atoms with E-state index in [0.29, 0.717) is 34.7 Å². The van der Waals surface area contributed by atoms with Crippen molar-refractivity contribution in [3.8, 4) is 17.2 Å². The van der Waals surface area contributed by atoms with Gasteiger partial charge in [-0.1, -0.05) is 78.9 Å². The third-order valence-corrected chi connectivity index (χ3v) is 9.08. The number of carboxylic acid groups (broad SMARTS) is 1. The Balaban J connectivity index is 0.978. The van der Waals surface area contributed by atoms with Crippen molar-refractivity contribution >= 4 is 28.6 Å². The highest BCUT2D eigenvalue weighted by Gasteiger charge is 2.40. The number of pyridine rings is 1. The zero-order valence-electron chi connectivity index (χ0n) is 29.8. The zero-order chi connectivity index (χ0) is 39.0. The molecular formula is C42H40N4O9. The van der Waals surface area contributed by atoms with Crippen LogP contribution in [0.5, 0.6) is 17.2 Å². The summed E-state index contributed by atoms with van der Waals surface area (Å²) in [5.74, 6) is -0.627. The number of methoxy groups -OCH3 is 1. The van der Waals surface area contributed by atoms with E-state index in [2.05, 4.69) is 20.9 Å². The van der Waals surface area contributed by atoms with E-state index in [1.54, 1.807) is 72.8 Å². The van der Waals surface area contributed by atoms with E-state index in [9.17, 15) is 34.8 Å². The van der Waals surface area contributed by atoms with Crippen molar-refractivity contribution in [3.63, 3.8) is 0 Å². The van der Waals surface area contributed by atoms with Crippen molar-refractivity contribution in [1.82, 2.24) is 15.6 Å². The van der Waals surface area contributed by atoms with Crippen LogP contribution in [-0.2, 0) is 30.1 Å². The number of fused-ring (bicyclic) bond motifs is 1. The molecule has 282 valence electrons. The average Bonchev–Trinajstić information content (AvgIpc) is 3.20. The van der Waals surface area contributed by atoms with Crippen LogP contribution in [0.3, 0.4) is 0 Å². The molecule has 0 spiro atoms. The summed E-state index contributed by atoms with van der Waals surface area (Å²) in [6.45, 7) is 1.03. The first-order chi connectivity index (χ1) is 26.5. The molecule has 0 aliphatic rings. The van der Waals surface area contributed by atoms with E-state index in [-0.39, 0.29) is 47.6 Å². The largest absolute Gasteiger partial charge is 0.506 e. The molecule has 6 aromatic rings. The molecule has 13 nitrogen and oxygen atoms in total. The van der Waals surface area contributed by atoms with Crippen LogP contribution < -0.4 is 31.0 Å². The van der Waals surface area contributed by atoms with Crippen LogP contribution in [0, 0.1) is 0 Å². The van der Waals surface area contributed by atoms with Gasteiger partial charge < -0.3 is 50.8 Å². The number of aliphatic carboxylic acids is 1. The Kier molecular flexibility index (Phi) is 11.8. The zero-order valence-corrected chi connectivity index (χ0v) is 29.8. The van der Waals surface area contributed by atoms with Crippen molar-refractivity contribution in [2.24, 2.45) is 0 Å². The predicted molar refractivity (Wildman–Crippen MR) is 206 cm³/mol. The number of phenolic OH excluding ortho intramolecular Hbond substituents is 1. The molecule has 5 aromatic carbocycles. The van der Waals surface area contributed by atoms with E-state index in [1.807, 2.05) is 30.3 Å². The third kappa shape index (κ3) is 8.93. The van der Waals surface area contributed by atoms with Gasteiger partial charge >= 0.3 is 12.0 Å². The Morgan fingerprint density at radius 3 is 2.29 bits per heavy atom. The molecule has 1 aromatic heterocycles. The van der Waals surface area contributed by atoms with Crippen LogP contribution in [0.25, 0.3) is 10.9 Å². The molecule has 2 atom stereocenters. The Morgan fingerprint density at radius 2 is 1.55 bits per heavy atom. The first-order valence-corrected chi connectivity index (χ1v) is 17.3. The van der Waals surface area contributed by atoms with Crippen LogP contribution in [-0.4, -0.2) is 51.1 Å². The topological polar surface area (TPSA) is 202 Å². The molecule has 0 saturated heterocycles. The van der Waals surface area contributed by atoms with Gasteiger partial charge in [0.05, 0.1) is 24.4 Å². The number of aromatic hydroxyl groups is 1. The van der Waals surface area contributed by atoms with Crippen LogP contribution >= 0.6 is 0 Å². The fourth-order valence-electron chi connectivity index (χ4n) is 6.13. The van der Waals surface area contributed by atoms with Gasteiger partial charge in [-0.25, -0.2) is 9.59 Å². The molecule has 0 unspecified atom stereocenters. The first-order valence-electron chi connectivity index (χ1n) is 17.3. The second-order valence-corrected chi connectivity index (χ2v) is 12.8. The number of amides is 2. The van der Waals surface area contributed by atoms with Gasteiger partial charge in [0.1, 0.15) is 23.9 Å². The van der Waals surface area contributed by atoms with Gasteiger partial charge in [0.25, 0.3) is 0 Å². The van der Waals surface area contributed by atoms with Crippen LogP contribution in [0.4, 0.5) is 10.5 Å². The first kappa shape index (κ1) is 38.1. The minimum Gasteiger partial charge on any atom is -0.506 e. The Bertz CT molecular complexity index is 2350. The number of urea groups is 1. The molecular weight excluding hydrogens is 704 g/mol. The number of benzene rings is 5. The molecule has 2 amide bonds. The number of aliphatic hydroxyl groups is 2. The molecule has 1 heterocycles. The van der Waals surface area contributed by atoms with E-state index in [0.717, 1.165) is 16.7 Å². The van der Waals surface area contributed by atoms with Crippen molar-refractivity contribution in [3.05, 3.63) is 165 Å². The van der Waals surface area contributed by atoms with E-state index >= 15 is 0 Å². The van der Waals surface area contributed by atoms with Gasteiger partial charge in [-0.3, -0.25) is 4.79 Å². The Morgan fingerprint density at radius 1 is 0.818 bits per heavy atom. The number of aromatic nitrogens is 1. The number of ether oxygens (including phenoxy) is 2. The highest BCUT2D eigenvalue weighted by molar-refractivity contribution is 5.91. The van der Waals surface area contributed by atoms with Crippen molar-refractivity contribution in [2.75, 3.05) is 19.0 Å². The van der Waals surface area contributed by atoms with Crippen molar-refractivity contribution < 1.29 is 39.5 Å². The summed E-state index contributed by atoms with van der Waals surface area (Å²) in [5, 5.41) is 51.4. The lowest BCUT2D eigenvalue weighted by Gasteiger charge is -2.25. The van der Waals surface area contributed by atoms with Gasteiger partial charge in [-0.2, -0.15) is 0 Å². The number of rotatable bonds is 15. The Hall–Kier alpha value is -6.67. The quantitative estimate of drug-likeness (QED) is 0.0683. The minimum atomic E-state index is -2.24. The molecule has 0 radical (unpaired) electrons. The monoisotopic (exact) mass is 744 g/mol. The number of nitrogens with one attached hydrogen (secondary N) is 4. The second-order valence-electron chi connectivity index (χ2n) is 12.8. The number of H-pyrrole nitrogens is 1. The van der Waals surface area contributed by atoms with Crippen molar-refractivity contribution in [1.29, 1.82) is 0 Å². The van der Waals surface area contributed by atoms with Crippen LogP contribution in [0.1, 0.15) is 39.5 Å². The maximum atomic E-state index is 12.8. The van der Waals surface area contributed by atoms with Gasteiger partial charge in [-0.05, 0) is 64.2 Å². The maximum Gasteiger partial charge on any atom is 0.345 e. The number of anilines is 1. The standard InChI is InChI=1S/C42H40N4O9/c1-54-37-20-28(22-43-24-36(48)32-15-18-35(47)39-33(32)16-19-38(49)46-39)14-17-34(37)45-41(52)44-23-26-10-12-27(13-11-26)25-55-31-9-5-8-30(21-31)42(53,40(50)51)29-6-3-2-4-7-29/h2-21,36,43,47-48,53H,22-25H2,1H3,(H,46,49)(H,50,51)(H2,44,45,52)/t36-,42-/m0/s1. The van der Waals surface area contributed by atoms with Gasteiger partial charge in [-0.15, -0.1) is 0 Å². The lowest BCUT2D eigenvalue weighted by molar-refractivity contribution is -0.155. The SMILES string of the molecule is COc1cc(CNC[C@H](O)c2ccc(O)c3[nH]c(=O)ccc23)ccc1NC(=O)NCc1ccc(COc2cccc([C@](O)(C(=O)O)c3ccccc3)c2)cc1. The van der Waals surface area contributed by atoms with Crippen molar-refractivity contribution in [2.45, 2.75) is 31.4 Å². The van der Waals surface area contributed by atoms with E-state index in [4.69, 9.17) is 9.47 Å². The molecule has 0 saturated carbocycles. The van der Waals surface area contributed by atoms with Crippen LogP contribution in [0.2, 0.25) is 0 Å². The average molecular weight is 745 g/mol. The fourth-order valence-corrected chi connectivity index (χ4v) is 6.13. The number of carboxylic acids is 1. The smallest absolute Gasteiger partial charge is 0.345 e. The van der Waals surface area contributed by atoms with E-state index in [1.165, 1.54) is 25.3 Å². The van der Waals surface area contributed by atoms with E-state index < -0.39 is 23.7 Å². The lowest BCUT2D eigenvalue weighted by Crippen LogP contribution is -2.36. The highest BCUT2D eigenvalue weighted by Crippen LogP contribution is 2.33. The summed E-state index contributed by atoms with van der Waals surface area (Å²) in [7, 11) is 1.50. The number of carbonyl (C=O) groups excluding carboxylic acids is 1. The molecule has 8 N–H and O–H groups in total. The predicted octanol–water partition coefficient (Wildman–Crippen LogP) is 5.29. The minimum absolute atomic E-state index is 0.0789. The fraction of sp³-hybridized carbons (Fsp3) is 0.167. The van der Waals surface area contributed by atoms with Gasteiger partial charge in [0.2, 0.25) is 11.2 Å². The molecule has 55 heavy (non-hydrogen) atoms. The number of hydrogen-bond acceptors (Lipinski definition) is 9. The maximum absolute atomic E-state index is 12.8. The summed E-state index contributed by atoms with van der Waals surface area (Å²) < 4.78 is 11.4. The number of aliphatic hydroxyl groups excluding tert-OH is 1. The van der Waals surface area contributed by atoms with Gasteiger partial charge in [0, 0.05) is 36.7 Å². The molecule has 0 aliphatic carbocycles. The summed E-state index contributed by atoms with van der Waals surface area (Å²) in [6.07, 6.45) is -0.913. The number of phenols is 1. The molecule has 0 fully saturated rings. The normalized spacial score (nSPS) is 12.7. The summed E-state index contributed by atoms with van der Waals surface area (Å²) in [6, 6.07) is 32.9.